The summed E-state index contributed by atoms with van der Waals surface area (Å²) in [7, 11) is 0. The Morgan fingerprint density at radius 1 is 1.04 bits per heavy atom. The van der Waals surface area contributed by atoms with Gasteiger partial charge in [-0.3, -0.25) is 10.1 Å². The number of nitro groups is 1. The van der Waals surface area contributed by atoms with Crippen LogP contribution < -0.4 is 0 Å². The lowest BCUT2D eigenvalue weighted by molar-refractivity contribution is -0.384. The molecular formula is C17H13ClN2O3. The van der Waals surface area contributed by atoms with E-state index in [1.165, 1.54) is 12.1 Å². The van der Waals surface area contributed by atoms with Crippen LogP contribution in [0.4, 0.5) is 5.69 Å². The minimum absolute atomic E-state index is 0.00653. The second-order valence-corrected chi connectivity index (χ2v) is 5.52. The van der Waals surface area contributed by atoms with Crippen molar-refractivity contribution in [1.29, 1.82) is 0 Å². The van der Waals surface area contributed by atoms with E-state index < -0.39 is 11.0 Å². The average Bonchev–Trinajstić information content (AvgIpc) is 3.04. The fourth-order valence-electron chi connectivity index (χ4n) is 2.44. The van der Waals surface area contributed by atoms with Gasteiger partial charge in [-0.25, -0.2) is 0 Å². The summed E-state index contributed by atoms with van der Waals surface area (Å²) in [5.74, 6) is 0. The van der Waals surface area contributed by atoms with Gasteiger partial charge >= 0.3 is 0 Å². The van der Waals surface area contributed by atoms with Crippen molar-refractivity contribution in [1.82, 2.24) is 4.98 Å². The number of nitrogens with one attached hydrogen (secondary N) is 1. The quantitative estimate of drug-likeness (QED) is 0.552. The van der Waals surface area contributed by atoms with Gasteiger partial charge in [-0.1, -0.05) is 23.7 Å². The third kappa shape index (κ3) is 3.11. The predicted molar refractivity (Wildman–Crippen MR) is 88.4 cm³/mol. The Labute approximate surface area is 137 Å². The lowest BCUT2D eigenvalue weighted by atomic mass is 9.97. The van der Waals surface area contributed by atoms with Crippen molar-refractivity contribution in [2.24, 2.45) is 0 Å². The van der Waals surface area contributed by atoms with E-state index in [1.807, 2.05) is 12.1 Å². The predicted octanol–water partition coefficient (Wildman–Crippen LogP) is 4.33. The molecule has 3 rings (SSSR count). The van der Waals surface area contributed by atoms with Crippen LogP contribution in [0.1, 0.15) is 17.2 Å². The third-order valence-electron chi connectivity index (χ3n) is 3.65. The van der Waals surface area contributed by atoms with E-state index in [0.717, 1.165) is 11.1 Å². The molecule has 0 aliphatic carbocycles. The summed E-state index contributed by atoms with van der Waals surface area (Å²) in [6, 6.07) is 13.2. The van der Waals surface area contributed by atoms with Gasteiger partial charge in [0, 0.05) is 40.7 Å². The standard InChI is InChI=1S/C17H13ClN2O3/c18-13-5-1-11(2-6-13)15-9-19-10-16(15)17(21)12-3-7-14(8-4-12)20(22)23/h1-10,17,19,21H/t17-/m0/s1. The summed E-state index contributed by atoms with van der Waals surface area (Å²) in [5, 5.41) is 21.9. The Kier molecular flexibility index (Phi) is 4.14. The Bertz CT molecular complexity index is 826. The number of benzene rings is 2. The molecule has 2 N–H and O–H groups in total. The number of hydrogen-bond donors (Lipinski definition) is 2. The van der Waals surface area contributed by atoms with Crippen LogP contribution in [-0.4, -0.2) is 15.0 Å². The molecule has 116 valence electrons. The number of aliphatic hydroxyl groups is 1. The first kappa shape index (κ1) is 15.3. The molecule has 0 aliphatic rings. The van der Waals surface area contributed by atoms with Gasteiger partial charge in [0.25, 0.3) is 5.69 Å². The molecule has 6 heteroatoms. The molecule has 0 fully saturated rings. The van der Waals surface area contributed by atoms with Gasteiger partial charge in [-0.15, -0.1) is 0 Å². The first-order valence-corrected chi connectivity index (χ1v) is 7.29. The highest BCUT2D eigenvalue weighted by atomic mass is 35.5. The number of nitro benzene ring substituents is 1. The minimum atomic E-state index is -0.882. The molecular weight excluding hydrogens is 316 g/mol. The van der Waals surface area contributed by atoms with Crippen molar-refractivity contribution in [2.75, 3.05) is 0 Å². The van der Waals surface area contributed by atoms with Crippen molar-refractivity contribution in [3.05, 3.63) is 87.2 Å². The van der Waals surface area contributed by atoms with E-state index in [1.54, 1.807) is 36.7 Å². The zero-order chi connectivity index (χ0) is 16.4. The fourth-order valence-corrected chi connectivity index (χ4v) is 2.57. The lowest BCUT2D eigenvalue weighted by Gasteiger charge is -2.12. The van der Waals surface area contributed by atoms with Crippen LogP contribution in [0, 0.1) is 10.1 Å². The first-order valence-electron chi connectivity index (χ1n) is 6.91. The zero-order valence-corrected chi connectivity index (χ0v) is 12.7. The maximum Gasteiger partial charge on any atom is 0.269 e. The number of rotatable bonds is 4. The molecule has 23 heavy (non-hydrogen) atoms. The number of halogens is 1. The SMILES string of the molecule is O=[N+]([O-])c1ccc([C@H](O)c2c[nH]cc2-c2ccc(Cl)cc2)cc1. The zero-order valence-electron chi connectivity index (χ0n) is 11.9. The third-order valence-corrected chi connectivity index (χ3v) is 3.90. The fraction of sp³-hybridized carbons (Fsp3) is 0.0588. The van der Waals surface area contributed by atoms with Crippen LogP contribution in [0.2, 0.25) is 5.02 Å². The summed E-state index contributed by atoms with van der Waals surface area (Å²) in [4.78, 5) is 13.2. The largest absolute Gasteiger partial charge is 0.384 e. The van der Waals surface area contributed by atoms with Gasteiger partial charge in [0.2, 0.25) is 0 Å². The highest BCUT2D eigenvalue weighted by molar-refractivity contribution is 6.30. The van der Waals surface area contributed by atoms with Crippen LogP contribution in [0.25, 0.3) is 11.1 Å². The van der Waals surface area contributed by atoms with Crippen LogP contribution in [-0.2, 0) is 0 Å². The highest BCUT2D eigenvalue weighted by Crippen LogP contribution is 2.32. The molecule has 1 heterocycles. The second kappa shape index (κ2) is 6.24. The second-order valence-electron chi connectivity index (χ2n) is 5.08. The normalized spacial score (nSPS) is 12.1. The molecule has 2 aromatic carbocycles. The number of H-pyrrole nitrogens is 1. The van der Waals surface area contributed by atoms with Crippen molar-refractivity contribution in [2.45, 2.75) is 6.10 Å². The summed E-state index contributed by atoms with van der Waals surface area (Å²) < 4.78 is 0. The van der Waals surface area contributed by atoms with E-state index in [-0.39, 0.29) is 5.69 Å². The first-order chi connectivity index (χ1) is 11.1. The van der Waals surface area contributed by atoms with E-state index >= 15 is 0 Å². The van der Waals surface area contributed by atoms with E-state index in [4.69, 9.17) is 11.6 Å². The van der Waals surface area contributed by atoms with E-state index in [9.17, 15) is 15.2 Å². The maximum absolute atomic E-state index is 10.7. The van der Waals surface area contributed by atoms with Gasteiger partial charge in [0.1, 0.15) is 6.10 Å². The Morgan fingerprint density at radius 2 is 1.70 bits per heavy atom. The summed E-state index contributed by atoms with van der Waals surface area (Å²) in [6.07, 6.45) is 2.64. The van der Waals surface area contributed by atoms with Crippen molar-refractivity contribution < 1.29 is 10.0 Å². The number of hydrogen-bond acceptors (Lipinski definition) is 3. The van der Waals surface area contributed by atoms with Gasteiger partial charge in [0.15, 0.2) is 0 Å². The number of non-ortho nitro benzene ring substituents is 1. The molecule has 5 nitrogen and oxygen atoms in total. The highest BCUT2D eigenvalue weighted by Gasteiger charge is 2.17. The molecule has 0 unspecified atom stereocenters. The topological polar surface area (TPSA) is 79.2 Å². The minimum Gasteiger partial charge on any atom is -0.384 e. The summed E-state index contributed by atoms with van der Waals surface area (Å²) in [6.45, 7) is 0. The van der Waals surface area contributed by atoms with Gasteiger partial charge < -0.3 is 10.1 Å². The van der Waals surface area contributed by atoms with Crippen LogP contribution in [0.5, 0.6) is 0 Å². The van der Waals surface area contributed by atoms with Crippen molar-refractivity contribution in [3.63, 3.8) is 0 Å². The Morgan fingerprint density at radius 3 is 2.30 bits per heavy atom. The summed E-state index contributed by atoms with van der Waals surface area (Å²) >= 11 is 5.90. The van der Waals surface area contributed by atoms with Crippen LogP contribution >= 0.6 is 11.6 Å². The van der Waals surface area contributed by atoms with Gasteiger partial charge in [0.05, 0.1) is 4.92 Å². The maximum atomic E-state index is 10.7. The summed E-state index contributed by atoms with van der Waals surface area (Å²) in [5.41, 5.74) is 3.05. The molecule has 0 amide bonds. The molecule has 0 spiro atoms. The average molecular weight is 329 g/mol. The van der Waals surface area contributed by atoms with E-state index in [2.05, 4.69) is 4.98 Å². The molecule has 0 aliphatic heterocycles. The number of aromatic nitrogens is 1. The van der Waals surface area contributed by atoms with Gasteiger partial charge in [-0.05, 0) is 35.4 Å². The number of aliphatic hydroxyl groups excluding tert-OH is 1. The molecule has 3 aromatic rings. The van der Waals surface area contributed by atoms with Crippen LogP contribution in [0.3, 0.4) is 0 Å². The van der Waals surface area contributed by atoms with Crippen molar-refractivity contribution in [3.8, 4) is 11.1 Å². The van der Waals surface area contributed by atoms with Gasteiger partial charge in [-0.2, -0.15) is 0 Å². The molecule has 0 radical (unpaired) electrons. The molecule has 1 aromatic heterocycles. The Hall–Kier alpha value is -2.63. The smallest absolute Gasteiger partial charge is 0.269 e. The van der Waals surface area contributed by atoms with Crippen molar-refractivity contribution >= 4 is 17.3 Å². The monoisotopic (exact) mass is 328 g/mol. The molecule has 0 bridgehead atoms. The number of aromatic amines is 1. The molecule has 0 saturated carbocycles. The van der Waals surface area contributed by atoms with E-state index in [0.29, 0.717) is 16.1 Å². The molecule has 0 saturated heterocycles. The number of nitrogens with zero attached hydrogens (tertiary/aromatic N) is 1. The Balaban J connectivity index is 1.94. The lowest BCUT2D eigenvalue weighted by Crippen LogP contribution is -2.00. The molecule has 1 atom stereocenters. The van der Waals surface area contributed by atoms with Crippen LogP contribution in [0.15, 0.2) is 60.9 Å².